The first-order valence-electron chi connectivity index (χ1n) is 12.3. The maximum Gasteiger partial charge on any atom is 0.309 e. The second-order valence-corrected chi connectivity index (χ2v) is 9.33. The van der Waals surface area contributed by atoms with Crippen molar-refractivity contribution in [3.8, 4) is 0 Å². The molecule has 0 unspecified atom stereocenters. The van der Waals surface area contributed by atoms with Crippen molar-refractivity contribution in [1.82, 2.24) is 4.90 Å². The number of ether oxygens (including phenoxy) is 1. The topological polar surface area (TPSA) is 53.1 Å². The molecule has 6 nitrogen and oxygen atoms in total. The number of carbonyl (C=O) groups is 2. The standard InChI is InChI=1S/C27H33N3O3/c1-2-33-27(32)20-12-14-28(15-13-20)26(31)23-18-21-8-6-7-11-24(21)30-17-16-29(19-25(23)30)22-9-4-3-5-10-22/h3-11,20,23,25H,2,12-19H2,1H3/t23-,25-/m0/s1. The van der Waals surface area contributed by atoms with E-state index in [1.54, 1.807) is 0 Å². The summed E-state index contributed by atoms with van der Waals surface area (Å²) < 4.78 is 5.20. The number of hydrogen-bond donors (Lipinski definition) is 0. The largest absolute Gasteiger partial charge is 0.466 e. The summed E-state index contributed by atoms with van der Waals surface area (Å²) in [7, 11) is 0. The molecule has 0 spiro atoms. The van der Waals surface area contributed by atoms with Crippen LogP contribution in [0.3, 0.4) is 0 Å². The van der Waals surface area contributed by atoms with Crippen molar-refractivity contribution in [1.29, 1.82) is 0 Å². The van der Waals surface area contributed by atoms with Gasteiger partial charge in [0.2, 0.25) is 5.91 Å². The van der Waals surface area contributed by atoms with Crippen LogP contribution in [-0.2, 0) is 20.7 Å². The lowest BCUT2D eigenvalue weighted by atomic mass is 9.82. The third-order valence-electron chi connectivity index (χ3n) is 7.49. The molecule has 174 valence electrons. The van der Waals surface area contributed by atoms with E-state index < -0.39 is 0 Å². The first kappa shape index (κ1) is 21.8. The third kappa shape index (κ3) is 4.31. The minimum atomic E-state index is -0.117. The minimum Gasteiger partial charge on any atom is -0.466 e. The average molecular weight is 448 g/mol. The molecule has 0 bridgehead atoms. The van der Waals surface area contributed by atoms with Gasteiger partial charge in [-0.1, -0.05) is 36.4 Å². The Kier molecular flexibility index (Phi) is 6.25. The molecular formula is C27H33N3O3. The van der Waals surface area contributed by atoms with E-state index in [9.17, 15) is 9.59 Å². The highest BCUT2D eigenvalue weighted by Crippen LogP contribution is 2.38. The molecule has 3 heterocycles. The van der Waals surface area contributed by atoms with Crippen molar-refractivity contribution in [3.63, 3.8) is 0 Å². The number of benzene rings is 2. The number of carbonyl (C=O) groups excluding carboxylic acids is 2. The van der Waals surface area contributed by atoms with Crippen LogP contribution in [0.25, 0.3) is 0 Å². The van der Waals surface area contributed by atoms with E-state index in [-0.39, 0.29) is 29.8 Å². The van der Waals surface area contributed by atoms with Gasteiger partial charge in [0.25, 0.3) is 0 Å². The van der Waals surface area contributed by atoms with Crippen molar-refractivity contribution in [3.05, 3.63) is 60.2 Å². The fourth-order valence-corrected chi connectivity index (χ4v) is 5.75. The summed E-state index contributed by atoms with van der Waals surface area (Å²) in [4.78, 5) is 32.8. The van der Waals surface area contributed by atoms with Gasteiger partial charge in [-0.2, -0.15) is 0 Å². The first-order valence-corrected chi connectivity index (χ1v) is 12.3. The van der Waals surface area contributed by atoms with Crippen molar-refractivity contribution < 1.29 is 14.3 Å². The van der Waals surface area contributed by atoms with Crippen LogP contribution in [0.2, 0.25) is 0 Å². The highest BCUT2D eigenvalue weighted by molar-refractivity contribution is 5.83. The van der Waals surface area contributed by atoms with Gasteiger partial charge in [0.1, 0.15) is 0 Å². The Morgan fingerprint density at radius 2 is 1.67 bits per heavy atom. The smallest absolute Gasteiger partial charge is 0.309 e. The second-order valence-electron chi connectivity index (χ2n) is 9.33. The van der Waals surface area contributed by atoms with Crippen molar-refractivity contribution in [2.75, 3.05) is 49.1 Å². The fraction of sp³-hybridized carbons (Fsp3) is 0.481. The molecule has 33 heavy (non-hydrogen) atoms. The number of hydrogen-bond acceptors (Lipinski definition) is 5. The van der Waals surface area contributed by atoms with Crippen molar-refractivity contribution in [2.45, 2.75) is 32.2 Å². The molecule has 5 rings (SSSR count). The molecule has 0 saturated carbocycles. The molecule has 0 N–H and O–H groups in total. The highest BCUT2D eigenvalue weighted by atomic mass is 16.5. The molecule has 2 fully saturated rings. The van der Waals surface area contributed by atoms with Gasteiger partial charge in [-0.25, -0.2) is 0 Å². The van der Waals surface area contributed by atoms with Gasteiger partial charge in [-0.05, 0) is 49.9 Å². The Labute approximate surface area is 196 Å². The van der Waals surface area contributed by atoms with Gasteiger partial charge < -0.3 is 19.4 Å². The van der Waals surface area contributed by atoms with Gasteiger partial charge in [-0.15, -0.1) is 0 Å². The Hall–Kier alpha value is -3.02. The maximum atomic E-state index is 13.8. The Bertz CT molecular complexity index is 987. The van der Waals surface area contributed by atoms with Crippen LogP contribution in [0.1, 0.15) is 25.3 Å². The predicted molar refractivity (Wildman–Crippen MR) is 129 cm³/mol. The zero-order valence-corrected chi connectivity index (χ0v) is 19.4. The Morgan fingerprint density at radius 1 is 0.939 bits per heavy atom. The lowest BCUT2D eigenvalue weighted by molar-refractivity contribution is -0.152. The fourth-order valence-electron chi connectivity index (χ4n) is 5.75. The molecule has 2 saturated heterocycles. The van der Waals surface area contributed by atoms with Crippen LogP contribution in [0, 0.1) is 11.8 Å². The van der Waals surface area contributed by atoms with Gasteiger partial charge in [0, 0.05) is 44.1 Å². The summed E-state index contributed by atoms with van der Waals surface area (Å²) in [5.41, 5.74) is 3.76. The van der Waals surface area contributed by atoms with E-state index in [4.69, 9.17) is 4.74 Å². The summed E-state index contributed by atoms with van der Waals surface area (Å²) in [5, 5.41) is 0. The summed E-state index contributed by atoms with van der Waals surface area (Å²) in [6.45, 7) is 6.21. The molecule has 3 aliphatic rings. The number of piperazine rings is 1. The first-order chi connectivity index (χ1) is 16.2. The molecule has 2 aromatic rings. The van der Waals surface area contributed by atoms with Crippen LogP contribution >= 0.6 is 0 Å². The monoisotopic (exact) mass is 447 g/mol. The quantitative estimate of drug-likeness (QED) is 0.673. The number of rotatable bonds is 4. The normalized spacial score (nSPS) is 23.0. The lowest BCUT2D eigenvalue weighted by Crippen LogP contribution is -2.62. The summed E-state index contributed by atoms with van der Waals surface area (Å²) >= 11 is 0. The molecule has 2 atom stereocenters. The number of piperidine rings is 1. The number of anilines is 2. The zero-order valence-electron chi connectivity index (χ0n) is 19.4. The van der Waals surface area contributed by atoms with Gasteiger partial charge in [0.05, 0.1) is 24.5 Å². The van der Waals surface area contributed by atoms with Crippen LogP contribution in [0.5, 0.6) is 0 Å². The molecule has 0 aliphatic carbocycles. The molecular weight excluding hydrogens is 414 g/mol. The highest BCUT2D eigenvalue weighted by Gasteiger charge is 2.43. The number of amides is 1. The number of esters is 1. The van der Waals surface area contributed by atoms with Crippen LogP contribution in [0.15, 0.2) is 54.6 Å². The molecule has 6 heteroatoms. The predicted octanol–water partition coefficient (Wildman–Crippen LogP) is 3.36. The van der Waals surface area contributed by atoms with E-state index >= 15 is 0 Å². The van der Waals surface area contributed by atoms with E-state index in [0.717, 1.165) is 26.1 Å². The maximum absolute atomic E-state index is 13.8. The number of likely N-dealkylation sites (tertiary alicyclic amines) is 1. The van der Waals surface area contributed by atoms with Gasteiger partial charge in [-0.3, -0.25) is 9.59 Å². The van der Waals surface area contributed by atoms with Gasteiger partial charge in [0.15, 0.2) is 0 Å². The third-order valence-corrected chi connectivity index (χ3v) is 7.49. The van der Waals surface area contributed by atoms with Crippen molar-refractivity contribution >= 4 is 23.3 Å². The number of fused-ring (bicyclic) bond motifs is 3. The van der Waals surface area contributed by atoms with E-state index in [0.29, 0.717) is 32.5 Å². The van der Waals surface area contributed by atoms with E-state index in [2.05, 4.69) is 58.3 Å². The average Bonchev–Trinajstić information content (AvgIpc) is 2.88. The van der Waals surface area contributed by atoms with Crippen LogP contribution in [-0.4, -0.2) is 62.1 Å². The summed E-state index contributed by atoms with van der Waals surface area (Å²) in [5.74, 6) is -0.0451. The molecule has 0 aromatic heterocycles. The van der Waals surface area contributed by atoms with E-state index in [1.165, 1.54) is 16.9 Å². The Morgan fingerprint density at radius 3 is 2.42 bits per heavy atom. The second kappa shape index (κ2) is 9.46. The van der Waals surface area contributed by atoms with Gasteiger partial charge >= 0.3 is 5.97 Å². The summed E-state index contributed by atoms with van der Waals surface area (Å²) in [6, 6.07) is 19.2. The minimum absolute atomic E-state index is 0.0782. The molecule has 3 aliphatic heterocycles. The zero-order chi connectivity index (χ0) is 22.8. The SMILES string of the molecule is CCOC(=O)C1CCN(C(=O)[C@H]2Cc3ccccc3N3CCN(c4ccccc4)C[C@@H]23)CC1. The van der Waals surface area contributed by atoms with Crippen LogP contribution in [0.4, 0.5) is 11.4 Å². The molecule has 2 aromatic carbocycles. The number of para-hydroxylation sites is 2. The van der Waals surface area contributed by atoms with Crippen LogP contribution < -0.4 is 9.80 Å². The lowest BCUT2D eigenvalue weighted by Gasteiger charge is -2.50. The van der Waals surface area contributed by atoms with E-state index in [1.807, 2.05) is 17.9 Å². The van der Waals surface area contributed by atoms with Crippen molar-refractivity contribution in [2.24, 2.45) is 11.8 Å². The summed E-state index contributed by atoms with van der Waals surface area (Å²) in [6.07, 6.45) is 2.16. The molecule has 0 radical (unpaired) electrons. The number of nitrogens with zero attached hydrogens (tertiary/aromatic N) is 3. The molecule has 1 amide bonds. The Balaban J connectivity index is 1.35.